The molecule has 0 aromatic rings. The number of ether oxygens (including phenoxy) is 2. The zero-order valence-electron chi connectivity index (χ0n) is 11.0. The van der Waals surface area contributed by atoms with E-state index in [1.54, 1.807) is 0 Å². The lowest BCUT2D eigenvalue weighted by atomic mass is 10.3. The first kappa shape index (κ1) is 17.5. The SMILES string of the molecule is C=C(C)C(=O)OC1CCC(OC(=O)C(F)(F)S(=O)(=O)[O-])C1. The highest BCUT2D eigenvalue weighted by Gasteiger charge is 2.50. The maximum atomic E-state index is 12.9. The molecule has 0 N–H and O–H groups in total. The van der Waals surface area contributed by atoms with E-state index in [0.29, 0.717) is 0 Å². The molecule has 2 unspecified atom stereocenters. The van der Waals surface area contributed by atoms with Crippen LogP contribution in [-0.2, 0) is 29.2 Å². The third-order valence-corrected chi connectivity index (χ3v) is 3.58. The van der Waals surface area contributed by atoms with E-state index in [4.69, 9.17) is 4.74 Å². The fourth-order valence-corrected chi connectivity index (χ4v) is 1.94. The van der Waals surface area contributed by atoms with Crippen LogP contribution in [-0.4, -0.2) is 42.4 Å². The maximum absolute atomic E-state index is 12.9. The molecule has 1 fully saturated rings. The van der Waals surface area contributed by atoms with E-state index in [-0.39, 0.29) is 24.8 Å². The molecule has 0 radical (unpaired) electrons. The lowest BCUT2D eigenvalue weighted by Crippen LogP contribution is -2.40. The summed E-state index contributed by atoms with van der Waals surface area (Å²) in [6.07, 6.45) is -1.39. The van der Waals surface area contributed by atoms with Crippen molar-refractivity contribution in [1.29, 1.82) is 0 Å². The maximum Gasteiger partial charge on any atom is 0.428 e. The first-order valence-corrected chi connectivity index (χ1v) is 7.26. The van der Waals surface area contributed by atoms with Crippen molar-refractivity contribution in [3.63, 3.8) is 0 Å². The van der Waals surface area contributed by atoms with Gasteiger partial charge in [-0.2, -0.15) is 8.78 Å². The highest BCUT2D eigenvalue weighted by molar-refractivity contribution is 7.87. The standard InChI is InChI=1S/C11H14F2O7S/c1-6(2)9(14)19-7-3-4-8(5-7)20-10(15)11(12,13)21(16,17)18/h7-8H,1,3-5H2,2H3,(H,16,17,18)/p-1. The Morgan fingerprint density at radius 3 is 2.14 bits per heavy atom. The molecule has 120 valence electrons. The van der Waals surface area contributed by atoms with Crippen molar-refractivity contribution in [1.82, 2.24) is 0 Å². The van der Waals surface area contributed by atoms with Crippen LogP contribution in [0.4, 0.5) is 8.78 Å². The summed E-state index contributed by atoms with van der Waals surface area (Å²) in [5, 5.41) is -5.14. The molecule has 21 heavy (non-hydrogen) atoms. The van der Waals surface area contributed by atoms with Gasteiger partial charge in [0.25, 0.3) is 0 Å². The van der Waals surface area contributed by atoms with Crippen LogP contribution < -0.4 is 0 Å². The Morgan fingerprint density at radius 1 is 1.24 bits per heavy atom. The first-order valence-electron chi connectivity index (χ1n) is 5.86. The molecule has 10 heteroatoms. The number of hydrogen-bond donors (Lipinski definition) is 0. The van der Waals surface area contributed by atoms with Crippen LogP contribution in [0.3, 0.4) is 0 Å². The molecule has 0 saturated heterocycles. The van der Waals surface area contributed by atoms with E-state index in [2.05, 4.69) is 11.3 Å². The van der Waals surface area contributed by atoms with Gasteiger partial charge in [0, 0.05) is 12.0 Å². The second-order valence-corrected chi connectivity index (χ2v) is 6.04. The zero-order chi connectivity index (χ0) is 16.4. The van der Waals surface area contributed by atoms with E-state index in [0.717, 1.165) is 0 Å². The lowest BCUT2D eigenvalue weighted by Gasteiger charge is -2.20. The van der Waals surface area contributed by atoms with Gasteiger partial charge in [-0.3, -0.25) is 0 Å². The summed E-state index contributed by atoms with van der Waals surface area (Å²) in [5.74, 6) is -3.09. The molecule has 2 atom stereocenters. The van der Waals surface area contributed by atoms with Crippen molar-refractivity contribution in [2.24, 2.45) is 0 Å². The Hall–Kier alpha value is -1.55. The number of carbonyl (C=O) groups excluding carboxylic acids is 2. The third-order valence-electron chi connectivity index (χ3n) is 2.78. The molecular weight excluding hydrogens is 314 g/mol. The van der Waals surface area contributed by atoms with Crippen LogP contribution in [0.25, 0.3) is 0 Å². The highest BCUT2D eigenvalue weighted by atomic mass is 32.2. The summed E-state index contributed by atoms with van der Waals surface area (Å²) in [6, 6.07) is 0. The van der Waals surface area contributed by atoms with Gasteiger partial charge in [-0.1, -0.05) is 6.58 Å². The summed E-state index contributed by atoms with van der Waals surface area (Å²) in [4.78, 5) is 22.3. The molecule has 0 heterocycles. The van der Waals surface area contributed by atoms with Gasteiger partial charge in [0.2, 0.25) is 0 Å². The number of hydrogen-bond acceptors (Lipinski definition) is 7. The number of esters is 2. The van der Waals surface area contributed by atoms with Crippen LogP contribution in [0, 0.1) is 0 Å². The third kappa shape index (κ3) is 4.21. The van der Waals surface area contributed by atoms with Crippen LogP contribution >= 0.6 is 0 Å². The van der Waals surface area contributed by atoms with Crippen molar-refractivity contribution in [3.05, 3.63) is 12.2 Å². The normalized spacial score (nSPS) is 22.7. The smallest absolute Gasteiger partial charge is 0.428 e. The minimum atomic E-state index is -6.14. The van der Waals surface area contributed by atoms with Crippen molar-refractivity contribution >= 4 is 22.1 Å². The zero-order valence-corrected chi connectivity index (χ0v) is 11.8. The fraction of sp³-hybridized carbons (Fsp3) is 0.636. The Kier molecular flexibility index (Phi) is 5.05. The van der Waals surface area contributed by atoms with Gasteiger partial charge in [-0.05, 0) is 19.8 Å². The molecule has 0 aromatic carbocycles. The van der Waals surface area contributed by atoms with Gasteiger partial charge in [0.15, 0.2) is 10.1 Å². The molecule has 0 aromatic heterocycles. The second-order valence-electron chi connectivity index (χ2n) is 4.62. The van der Waals surface area contributed by atoms with Crippen LogP contribution in [0.15, 0.2) is 12.2 Å². The van der Waals surface area contributed by atoms with E-state index in [1.165, 1.54) is 6.92 Å². The minimum absolute atomic E-state index is 0.0558. The quantitative estimate of drug-likeness (QED) is 0.415. The Bertz CT molecular complexity index is 555. The summed E-state index contributed by atoms with van der Waals surface area (Å²) >= 11 is 0. The Balaban J connectivity index is 2.58. The summed E-state index contributed by atoms with van der Waals surface area (Å²) in [6.45, 7) is 4.79. The summed E-state index contributed by atoms with van der Waals surface area (Å²) in [7, 11) is -6.14. The summed E-state index contributed by atoms with van der Waals surface area (Å²) in [5.41, 5.74) is 0.152. The van der Waals surface area contributed by atoms with Gasteiger partial charge < -0.3 is 14.0 Å². The van der Waals surface area contributed by atoms with E-state index in [1.807, 2.05) is 0 Å². The van der Waals surface area contributed by atoms with E-state index in [9.17, 15) is 31.3 Å². The van der Waals surface area contributed by atoms with Gasteiger partial charge in [-0.25, -0.2) is 18.0 Å². The average molecular weight is 327 g/mol. The molecular formula is C11H13F2O7S-. The molecule has 1 aliphatic rings. The van der Waals surface area contributed by atoms with Crippen molar-refractivity contribution in [3.8, 4) is 0 Å². The topological polar surface area (TPSA) is 110 Å². The molecule has 0 aliphatic heterocycles. The summed E-state index contributed by atoms with van der Waals surface area (Å²) < 4.78 is 65.9. The molecule has 0 bridgehead atoms. The Morgan fingerprint density at radius 2 is 1.71 bits per heavy atom. The molecule has 1 rings (SSSR count). The van der Waals surface area contributed by atoms with Crippen LogP contribution in [0.5, 0.6) is 0 Å². The second kappa shape index (κ2) is 6.06. The molecule has 0 spiro atoms. The minimum Gasteiger partial charge on any atom is -0.743 e. The number of rotatable bonds is 5. The highest BCUT2D eigenvalue weighted by Crippen LogP contribution is 2.29. The van der Waals surface area contributed by atoms with Crippen molar-refractivity contribution < 1.29 is 40.8 Å². The van der Waals surface area contributed by atoms with Gasteiger partial charge in [0.05, 0.1) is 0 Å². The predicted molar refractivity (Wildman–Crippen MR) is 63.1 cm³/mol. The molecule has 0 amide bonds. The lowest BCUT2D eigenvalue weighted by molar-refractivity contribution is -0.167. The van der Waals surface area contributed by atoms with Gasteiger partial charge >= 0.3 is 17.2 Å². The first-order chi connectivity index (χ1) is 9.45. The van der Waals surface area contributed by atoms with Crippen molar-refractivity contribution in [2.45, 2.75) is 43.6 Å². The number of alkyl halides is 2. The molecule has 1 saturated carbocycles. The average Bonchev–Trinajstić information content (AvgIpc) is 2.74. The molecule has 7 nitrogen and oxygen atoms in total. The monoisotopic (exact) mass is 327 g/mol. The Labute approximate surface area is 119 Å². The van der Waals surface area contributed by atoms with E-state index >= 15 is 0 Å². The van der Waals surface area contributed by atoms with Crippen LogP contribution in [0.2, 0.25) is 0 Å². The fourth-order valence-electron chi connectivity index (χ4n) is 1.69. The largest absolute Gasteiger partial charge is 0.743 e. The number of carbonyl (C=O) groups is 2. The number of halogens is 2. The van der Waals surface area contributed by atoms with E-state index < -0.39 is 39.5 Å². The van der Waals surface area contributed by atoms with Crippen LogP contribution in [0.1, 0.15) is 26.2 Å². The predicted octanol–water partition coefficient (Wildman–Crippen LogP) is 0.708. The van der Waals surface area contributed by atoms with Crippen molar-refractivity contribution in [2.75, 3.05) is 0 Å². The van der Waals surface area contributed by atoms with Gasteiger partial charge in [-0.15, -0.1) is 0 Å². The molecule has 1 aliphatic carbocycles. The van der Waals surface area contributed by atoms with Gasteiger partial charge in [0.1, 0.15) is 12.2 Å².